The average Bonchev–Trinajstić information content (AvgIpc) is 3.69. The van der Waals surface area contributed by atoms with Crippen LogP contribution >= 0.6 is 0 Å². The van der Waals surface area contributed by atoms with Gasteiger partial charge in [0.1, 0.15) is 11.2 Å². The van der Waals surface area contributed by atoms with E-state index in [4.69, 9.17) is 9.47 Å². The highest BCUT2D eigenvalue weighted by molar-refractivity contribution is 6.07. The molecule has 2 aromatic carbocycles. The fourth-order valence-electron chi connectivity index (χ4n) is 11.2. The number of hydrogen-bond donors (Lipinski definition) is 2. The summed E-state index contributed by atoms with van der Waals surface area (Å²) in [6.07, 6.45) is 4.25. The molecule has 44 heavy (non-hydrogen) atoms. The van der Waals surface area contributed by atoms with Crippen molar-refractivity contribution in [3.63, 3.8) is 0 Å². The van der Waals surface area contributed by atoms with E-state index in [-0.39, 0.29) is 28.8 Å². The molecule has 9 heteroatoms. The third-order valence-corrected chi connectivity index (χ3v) is 12.6. The van der Waals surface area contributed by atoms with Gasteiger partial charge in [0.2, 0.25) is 5.91 Å². The number of rotatable bonds is 2. The van der Waals surface area contributed by atoms with Crippen LogP contribution in [0.3, 0.4) is 0 Å². The molecule has 9 nitrogen and oxygen atoms in total. The van der Waals surface area contributed by atoms with Crippen LogP contribution in [-0.4, -0.2) is 88.0 Å². The number of ether oxygens (including phenoxy) is 2. The van der Waals surface area contributed by atoms with E-state index >= 15 is 0 Å². The van der Waals surface area contributed by atoms with E-state index in [1.54, 1.807) is 7.05 Å². The van der Waals surface area contributed by atoms with Gasteiger partial charge in [-0.25, -0.2) is 4.79 Å². The van der Waals surface area contributed by atoms with Crippen LogP contribution in [0, 0.1) is 23.2 Å². The first-order valence-electron chi connectivity index (χ1n) is 16.0. The van der Waals surface area contributed by atoms with Crippen molar-refractivity contribution in [2.75, 3.05) is 58.1 Å². The second kappa shape index (κ2) is 9.31. The van der Waals surface area contributed by atoms with Crippen LogP contribution in [0.4, 0.5) is 16.2 Å². The van der Waals surface area contributed by atoms with Crippen LogP contribution in [0.25, 0.3) is 0 Å². The zero-order valence-electron chi connectivity index (χ0n) is 26.3. The summed E-state index contributed by atoms with van der Waals surface area (Å²) in [5.41, 5.74) is 4.21. The van der Waals surface area contributed by atoms with E-state index in [1.807, 2.05) is 30.3 Å². The summed E-state index contributed by atoms with van der Waals surface area (Å²) in [7, 11) is 8.08. The van der Waals surface area contributed by atoms with Crippen molar-refractivity contribution in [2.24, 2.45) is 23.2 Å². The van der Waals surface area contributed by atoms with E-state index in [0.29, 0.717) is 29.8 Å². The maximum atomic E-state index is 13.4. The summed E-state index contributed by atoms with van der Waals surface area (Å²) >= 11 is 0. The monoisotopic (exact) mass is 597 g/mol. The quantitative estimate of drug-likeness (QED) is 0.510. The first-order valence-corrected chi connectivity index (χ1v) is 16.0. The van der Waals surface area contributed by atoms with Crippen molar-refractivity contribution < 1.29 is 19.1 Å². The minimum absolute atomic E-state index is 0.00280. The number of fused-ring (bicyclic) bond motifs is 8. The molecule has 5 heterocycles. The molecular weight excluding hydrogens is 554 g/mol. The Morgan fingerprint density at radius 2 is 1.95 bits per heavy atom. The summed E-state index contributed by atoms with van der Waals surface area (Å²) in [5.74, 6) is 2.17. The van der Waals surface area contributed by atoms with Crippen molar-refractivity contribution in [1.29, 1.82) is 0 Å². The Morgan fingerprint density at radius 3 is 2.73 bits per heavy atom. The van der Waals surface area contributed by atoms with Crippen molar-refractivity contribution in [3.8, 4) is 5.75 Å². The molecule has 5 bridgehead atoms. The molecule has 3 saturated heterocycles. The van der Waals surface area contributed by atoms with Crippen LogP contribution in [0.15, 0.2) is 55.1 Å². The Bertz CT molecular complexity index is 1580. The van der Waals surface area contributed by atoms with Gasteiger partial charge < -0.3 is 29.9 Å². The molecule has 2 aromatic rings. The summed E-state index contributed by atoms with van der Waals surface area (Å²) < 4.78 is 11.6. The molecule has 0 aromatic heterocycles. The molecule has 6 unspecified atom stereocenters. The molecule has 1 spiro atoms. The lowest BCUT2D eigenvalue weighted by Crippen LogP contribution is -2.62. The molecule has 5 fully saturated rings. The van der Waals surface area contributed by atoms with Gasteiger partial charge in [-0.2, -0.15) is 0 Å². The number of para-hydroxylation sites is 1. The fourth-order valence-corrected chi connectivity index (χ4v) is 11.2. The topological polar surface area (TPSA) is 86.4 Å². The van der Waals surface area contributed by atoms with E-state index in [9.17, 15) is 9.59 Å². The average molecular weight is 598 g/mol. The Hall–Kier alpha value is -3.40. The molecule has 9 rings (SSSR count). The summed E-state index contributed by atoms with van der Waals surface area (Å²) in [6, 6.07) is 14.6. The Balaban J connectivity index is 0.000000134. The minimum atomic E-state index is -0.554. The lowest BCUT2D eigenvalue weighted by atomic mass is 9.51. The van der Waals surface area contributed by atoms with Crippen LogP contribution in [-0.2, 0) is 20.4 Å². The predicted molar refractivity (Wildman–Crippen MR) is 169 cm³/mol. The van der Waals surface area contributed by atoms with Crippen LogP contribution in [0.1, 0.15) is 30.9 Å². The summed E-state index contributed by atoms with van der Waals surface area (Å²) in [4.78, 5) is 32.0. The second-order valence-electron chi connectivity index (χ2n) is 14.3. The fraction of sp³-hybridized carbons (Fsp3) is 0.543. The van der Waals surface area contributed by atoms with E-state index in [2.05, 4.69) is 78.2 Å². The minimum Gasteiger partial charge on any atom is -0.410 e. The zero-order chi connectivity index (χ0) is 30.8. The number of likely N-dealkylation sites (N-methyl/N-ethyl adjacent to an activating group) is 2. The summed E-state index contributed by atoms with van der Waals surface area (Å²) in [5, 5.41) is 5.65. The predicted octanol–water partition coefficient (Wildman–Crippen LogP) is 3.80. The van der Waals surface area contributed by atoms with Gasteiger partial charge in [-0.15, -0.1) is 6.58 Å². The number of likely N-dealkylation sites (tertiary alicyclic amines) is 2. The van der Waals surface area contributed by atoms with Crippen LogP contribution in [0.5, 0.6) is 5.75 Å². The van der Waals surface area contributed by atoms with Gasteiger partial charge in [0, 0.05) is 67.3 Å². The Morgan fingerprint density at radius 1 is 1.16 bits per heavy atom. The van der Waals surface area contributed by atoms with E-state index < -0.39 is 11.5 Å². The molecule has 232 valence electrons. The second-order valence-corrected chi connectivity index (χ2v) is 14.3. The Labute approximate surface area is 259 Å². The number of nitrogens with zero attached hydrogens (tertiary/aromatic N) is 3. The largest absolute Gasteiger partial charge is 0.412 e. The number of carbonyl (C=O) groups excluding carboxylic acids is 2. The molecule has 5 aliphatic heterocycles. The lowest BCUT2D eigenvalue weighted by molar-refractivity contribution is -0.153. The third kappa shape index (κ3) is 3.25. The highest BCUT2D eigenvalue weighted by Crippen LogP contribution is 2.73. The van der Waals surface area contributed by atoms with Gasteiger partial charge in [0.05, 0.1) is 18.9 Å². The number of nitrogens with one attached hydrogen (secondary N) is 2. The highest BCUT2D eigenvalue weighted by Gasteiger charge is 2.79. The molecule has 7 aliphatic rings. The number of piperidine rings is 1. The molecule has 2 amide bonds. The highest BCUT2D eigenvalue weighted by atomic mass is 16.6. The number of amides is 2. The first kappa shape index (κ1) is 28.1. The molecular formula is C35H43N5O4. The maximum absolute atomic E-state index is 13.4. The van der Waals surface area contributed by atoms with Crippen molar-refractivity contribution in [1.82, 2.24) is 15.1 Å². The van der Waals surface area contributed by atoms with Gasteiger partial charge in [-0.3, -0.25) is 9.69 Å². The van der Waals surface area contributed by atoms with Crippen molar-refractivity contribution in [3.05, 3.63) is 66.2 Å². The number of anilines is 2. The standard InChI is InChI=1S/C20H22N2O2.C15H21N3O2/c1-3-19-10-22(2)16-11-9-24-15(8-13(11)19)20(17(16)19)12-6-4-5-7-14(12)21-18(20)23;1-15-7-8-17(3)13(15)18(4)12-6-5-10(9-11(12)15)20-14(19)16-2/h3-7,11,13,15-17H,1,8-10H2,2H3,(H,21,23);5-6,9,13H,7-8H2,1-4H3,(H,16,19)/t11?,13?,15?,16?,17?,19?,20-;13-,15+/m01/s1. The first-order chi connectivity index (χ1) is 21.1. The molecule has 2 aliphatic carbocycles. The van der Waals surface area contributed by atoms with E-state index in [1.165, 1.54) is 11.3 Å². The van der Waals surface area contributed by atoms with Crippen LogP contribution < -0.4 is 20.3 Å². The van der Waals surface area contributed by atoms with Gasteiger partial charge in [0.25, 0.3) is 0 Å². The smallest absolute Gasteiger partial charge is 0.410 e. The molecule has 0 radical (unpaired) electrons. The zero-order valence-corrected chi connectivity index (χ0v) is 26.3. The third-order valence-electron chi connectivity index (χ3n) is 12.6. The number of hydrogen-bond acceptors (Lipinski definition) is 7. The Kier molecular flexibility index (Phi) is 5.95. The maximum Gasteiger partial charge on any atom is 0.412 e. The summed E-state index contributed by atoms with van der Waals surface area (Å²) in [6.45, 7) is 9.45. The van der Waals surface area contributed by atoms with Gasteiger partial charge >= 0.3 is 6.09 Å². The van der Waals surface area contributed by atoms with Crippen LogP contribution in [0.2, 0.25) is 0 Å². The normalized spacial score (nSPS) is 40.3. The molecule has 2 saturated carbocycles. The van der Waals surface area contributed by atoms with Gasteiger partial charge in [-0.05, 0) is 68.2 Å². The lowest BCUT2D eigenvalue weighted by Gasteiger charge is -2.54. The number of carbonyl (C=O) groups is 2. The molecule has 2 N–H and O–H groups in total. The van der Waals surface area contributed by atoms with Gasteiger partial charge in [0.15, 0.2) is 0 Å². The van der Waals surface area contributed by atoms with Crippen molar-refractivity contribution in [2.45, 2.75) is 48.9 Å². The number of benzene rings is 2. The van der Waals surface area contributed by atoms with Gasteiger partial charge in [-0.1, -0.05) is 31.2 Å². The van der Waals surface area contributed by atoms with Crippen molar-refractivity contribution >= 4 is 23.4 Å². The van der Waals surface area contributed by atoms with E-state index in [0.717, 1.165) is 43.8 Å². The molecule has 9 atom stereocenters. The SMILES string of the molecule is C=CC12CN(C)C3C4COC(CC41)[C@]1(C(=O)Nc4ccccc41)C32.CNC(=O)Oc1ccc2c(c1)[C@]1(C)CCN(C)[C@@H]1N2C.